The van der Waals surface area contributed by atoms with Crippen molar-refractivity contribution in [1.82, 2.24) is 4.90 Å². The highest BCUT2D eigenvalue weighted by Crippen LogP contribution is 2.40. The summed E-state index contributed by atoms with van der Waals surface area (Å²) in [5.74, 6) is -0.279. The van der Waals surface area contributed by atoms with Crippen LogP contribution in [0.15, 0.2) is 12.1 Å². The number of carbonyl (C=O) groups is 3. The number of amides is 1. The summed E-state index contributed by atoms with van der Waals surface area (Å²) >= 11 is 0. The van der Waals surface area contributed by atoms with Crippen molar-refractivity contribution in [3.05, 3.63) is 34.4 Å². The lowest BCUT2D eigenvalue weighted by molar-refractivity contribution is -0.125. The van der Waals surface area contributed by atoms with E-state index in [4.69, 9.17) is 4.74 Å². The van der Waals surface area contributed by atoms with Crippen LogP contribution in [0.25, 0.3) is 0 Å². The number of likely N-dealkylation sites (tertiary alicyclic amines) is 1. The highest BCUT2D eigenvalue weighted by atomic mass is 16.6. The summed E-state index contributed by atoms with van der Waals surface area (Å²) in [4.78, 5) is 40.0. The standard InChI is InChI=1S/C25H35NO4/c1-15-11-16(2)21(17(3)12-15)22-20(27)14-19(23(22)28)13-18-7-9-26(10-8-18)24(29)30-25(4,5)6/h11-12,18-19,22H,7-10,13-14H2,1-6H3. The molecule has 0 spiro atoms. The smallest absolute Gasteiger partial charge is 0.410 e. The Kier molecular flexibility index (Phi) is 6.40. The normalized spacial score (nSPS) is 23.2. The molecule has 1 saturated heterocycles. The van der Waals surface area contributed by atoms with Crippen LogP contribution < -0.4 is 0 Å². The molecule has 1 aromatic rings. The minimum atomic E-state index is -0.600. The fraction of sp³-hybridized carbons (Fsp3) is 0.640. The lowest BCUT2D eigenvalue weighted by atomic mass is 9.83. The van der Waals surface area contributed by atoms with Crippen molar-refractivity contribution < 1.29 is 19.1 Å². The van der Waals surface area contributed by atoms with Crippen molar-refractivity contribution in [2.24, 2.45) is 11.8 Å². The molecular weight excluding hydrogens is 378 g/mol. The number of rotatable bonds is 3. The largest absolute Gasteiger partial charge is 0.444 e. The van der Waals surface area contributed by atoms with Crippen LogP contribution in [0.2, 0.25) is 0 Å². The van der Waals surface area contributed by atoms with Crippen LogP contribution in [0.1, 0.15) is 74.6 Å². The van der Waals surface area contributed by atoms with Gasteiger partial charge in [0.25, 0.3) is 0 Å². The molecule has 3 rings (SSSR count). The van der Waals surface area contributed by atoms with Crippen LogP contribution in [0.3, 0.4) is 0 Å². The van der Waals surface area contributed by atoms with Crippen molar-refractivity contribution in [1.29, 1.82) is 0 Å². The average Bonchev–Trinajstić information content (AvgIpc) is 2.88. The van der Waals surface area contributed by atoms with E-state index in [1.54, 1.807) is 4.90 Å². The first-order valence-corrected chi connectivity index (χ1v) is 11.1. The van der Waals surface area contributed by atoms with Gasteiger partial charge in [0.15, 0.2) is 5.78 Å². The quantitative estimate of drug-likeness (QED) is 0.662. The number of hydrogen-bond donors (Lipinski definition) is 0. The van der Waals surface area contributed by atoms with E-state index in [2.05, 4.69) is 12.1 Å². The molecule has 2 atom stereocenters. The molecule has 1 aliphatic heterocycles. The molecule has 5 heteroatoms. The minimum absolute atomic E-state index is 0.0613. The van der Waals surface area contributed by atoms with Gasteiger partial charge in [0.05, 0.1) is 0 Å². The molecule has 2 fully saturated rings. The Balaban J connectivity index is 1.61. The van der Waals surface area contributed by atoms with Gasteiger partial charge in [0, 0.05) is 25.4 Å². The van der Waals surface area contributed by atoms with E-state index in [0.29, 0.717) is 25.4 Å². The highest BCUT2D eigenvalue weighted by Gasteiger charge is 2.44. The van der Waals surface area contributed by atoms with Crippen LogP contribution in [-0.4, -0.2) is 41.3 Å². The van der Waals surface area contributed by atoms with E-state index in [9.17, 15) is 14.4 Å². The van der Waals surface area contributed by atoms with Crippen molar-refractivity contribution in [3.8, 4) is 0 Å². The molecule has 5 nitrogen and oxygen atoms in total. The number of ether oxygens (including phenoxy) is 1. The molecule has 0 N–H and O–H groups in total. The molecule has 1 heterocycles. The second kappa shape index (κ2) is 8.52. The fourth-order valence-corrected chi connectivity index (χ4v) is 5.09. The third-order valence-electron chi connectivity index (χ3n) is 6.37. The van der Waals surface area contributed by atoms with E-state index < -0.39 is 11.5 Å². The van der Waals surface area contributed by atoms with Crippen molar-refractivity contribution in [2.75, 3.05) is 13.1 Å². The van der Waals surface area contributed by atoms with Crippen molar-refractivity contribution in [2.45, 2.75) is 78.7 Å². The lowest BCUT2D eigenvalue weighted by Crippen LogP contribution is -2.42. The maximum atomic E-state index is 13.2. The Labute approximate surface area is 180 Å². The maximum absolute atomic E-state index is 13.2. The summed E-state index contributed by atoms with van der Waals surface area (Å²) in [7, 11) is 0. The molecule has 2 unspecified atom stereocenters. The monoisotopic (exact) mass is 413 g/mol. The van der Waals surface area contributed by atoms with Crippen LogP contribution in [-0.2, 0) is 14.3 Å². The number of Topliss-reactive ketones (excluding diaryl/α,β-unsaturated/α-hetero) is 2. The first-order chi connectivity index (χ1) is 14.0. The van der Waals surface area contributed by atoms with Gasteiger partial charge in [-0.2, -0.15) is 0 Å². The Morgan fingerprint density at radius 1 is 1.07 bits per heavy atom. The number of piperidine rings is 1. The maximum Gasteiger partial charge on any atom is 0.410 e. The summed E-state index contributed by atoms with van der Waals surface area (Å²) < 4.78 is 5.46. The molecular formula is C25H35NO4. The molecule has 1 aliphatic carbocycles. The molecule has 0 radical (unpaired) electrons. The van der Waals surface area contributed by atoms with E-state index in [1.807, 2.05) is 41.5 Å². The second-order valence-corrected chi connectivity index (χ2v) is 10.2. The second-order valence-electron chi connectivity index (χ2n) is 10.2. The predicted molar refractivity (Wildman–Crippen MR) is 117 cm³/mol. The van der Waals surface area contributed by atoms with Crippen LogP contribution in [0.4, 0.5) is 4.79 Å². The van der Waals surface area contributed by atoms with Gasteiger partial charge in [0.1, 0.15) is 17.3 Å². The highest BCUT2D eigenvalue weighted by molar-refractivity contribution is 6.15. The number of hydrogen-bond acceptors (Lipinski definition) is 4. The lowest BCUT2D eigenvalue weighted by Gasteiger charge is -2.34. The van der Waals surface area contributed by atoms with Crippen molar-refractivity contribution >= 4 is 17.7 Å². The van der Waals surface area contributed by atoms with Gasteiger partial charge in [0.2, 0.25) is 0 Å². The first-order valence-electron chi connectivity index (χ1n) is 11.1. The third-order valence-corrected chi connectivity index (χ3v) is 6.37. The molecule has 1 amide bonds. The Bertz CT molecular complexity index is 820. The zero-order chi connectivity index (χ0) is 22.2. The van der Waals surface area contributed by atoms with E-state index in [-0.39, 0.29) is 23.6 Å². The first kappa shape index (κ1) is 22.5. The number of aryl methyl sites for hydroxylation is 3. The SMILES string of the molecule is Cc1cc(C)c(C2C(=O)CC(CC3CCN(C(=O)OC(C)(C)C)CC3)C2=O)c(C)c1. The van der Waals surface area contributed by atoms with Gasteiger partial charge in [-0.1, -0.05) is 17.7 Å². The average molecular weight is 414 g/mol. The third kappa shape index (κ3) is 4.93. The van der Waals surface area contributed by atoms with Gasteiger partial charge in [-0.3, -0.25) is 9.59 Å². The van der Waals surface area contributed by atoms with Crippen LogP contribution in [0, 0.1) is 32.6 Å². The van der Waals surface area contributed by atoms with E-state index in [0.717, 1.165) is 41.5 Å². The molecule has 0 aromatic heterocycles. The van der Waals surface area contributed by atoms with Crippen molar-refractivity contribution in [3.63, 3.8) is 0 Å². The zero-order valence-electron chi connectivity index (χ0n) is 19.2. The molecule has 1 saturated carbocycles. The molecule has 1 aromatic carbocycles. The minimum Gasteiger partial charge on any atom is -0.444 e. The Morgan fingerprint density at radius 3 is 2.17 bits per heavy atom. The number of carbonyl (C=O) groups excluding carboxylic acids is 3. The summed E-state index contributed by atoms with van der Waals surface area (Å²) in [5, 5.41) is 0. The zero-order valence-corrected chi connectivity index (χ0v) is 19.2. The fourth-order valence-electron chi connectivity index (χ4n) is 5.09. The number of benzene rings is 1. The summed E-state index contributed by atoms with van der Waals surface area (Å²) in [5.41, 5.74) is 3.64. The number of nitrogens with zero attached hydrogens (tertiary/aromatic N) is 1. The van der Waals surface area contributed by atoms with Gasteiger partial charge < -0.3 is 9.64 Å². The molecule has 164 valence electrons. The Hall–Kier alpha value is -2.17. The van der Waals surface area contributed by atoms with Gasteiger partial charge in [-0.05, 0) is 83.4 Å². The summed E-state index contributed by atoms with van der Waals surface area (Å²) in [6, 6.07) is 4.12. The van der Waals surface area contributed by atoms with Crippen LogP contribution >= 0.6 is 0 Å². The van der Waals surface area contributed by atoms with Gasteiger partial charge >= 0.3 is 6.09 Å². The Morgan fingerprint density at radius 2 is 1.63 bits per heavy atom. The molecule has 0 bridgehead atoms. The summed E-state index contributed by atoms with van der Waals surface area (Å²) in [6.07, 6.45) is 2.53. The molecule has 2 aliphatic rings. The number of ketones is 2. The summed E-state index contributed by atoms with van der Waals surface area (Å²) in [6.45, 7) is 12.9. The van der Waals surface area contributed by atoms with E-state index in [1.165, 1.54) is 0 Å². The predicted octanol–water partition coefficient (Wildman–Crippen LogP) is 4.89. The van der Waals surface area contributed by atoms with Gasteiger partial charge in [-0.25, -0.2) is 4.79 Å². The topological polar surface area (TPSA) is 63.7 Å². The van der Waals surface area contributed by atoms with Crippen LogP contribution in [0.5, 0.6) is 0 Å². The molecule has 30 heavy (non-hydrogen) atoms. The van der Waals surface area contributed by atoms with Gasteiger partial charge in [-0.15, -0.1) is 0 Å². The van der Waals surface area contributed by atoms with E-state index >= 15 is 0 Å².